The summed E-state index contributed by atoms with van der Waals surface area (Å²) in [4.78, 5) is 22.4. The van der Waals surface area contributed by atoms with Crippen LogP contribution in [0.2, 0.25) is 0 Å². The van der Waals surface area contributed by atoms with E-state index in [2.05, 4.69) is 45.3 Å². The molecule has 0 bridgehead atoms. The van der Waals surface area contributed by atoms with E-state index >= 15 is 0 Å². The number of nitrogens with two attached hydrogens (primary N) is 1. The summed E-state index contributed by atoms with van der Waals surface area (Å²) in [5.74, 6) is 0.988. The van der Waals surface area contributed by atoms with Gasteiger partial charge in [-0.15, -0.1) is 0 Å². The monoisotopic (exact) mass is 455 g/mol. The average Bonchev–Trinajstić information content (AvgIpc) is 3.37. The molecule has 2 aliphatic rings. The third-order valence-electron chi connectivity index (χ3n) is 6.52. The zero-order chi connectivity index (χ0) is 22.5. The minimum Gasteiger partial charge on any atom is -0.388 e. The number of aromatic nitrogens is 4. The predicted molar refractivity (Wildman–Crippen MR) is 133 cm³/mol. The van der Waals surface area contributed by atoms with Crippen molar-refractivity contribution in [3.8, 4) is 11.1 Å². The van der Waals surface area contributed by atoms with E-state index < -0.39 is 0 Å². The molecule has 1 saturated heterocycles. The maximum atomic E-state index is 6.34. The van der Waals surface area contributed by atoms with Crippen LogP contribution >= 0.6 is 11.8 Å². The van der Waals surface area contributed by atoms with Crippen LogP contribution in [0, 0.1) is 0 Å². The van der Waals surface area contributed by atoms with Crippen LogP contribution in [0.3, 0.4) is 0 Å². The molecule has 2 atom stereocenters. The van der Waals surface area contributed by atoms with Crippen LogP contribution in [0.15, 0.2) is 58.8 Å². The van der Waals surface area contributed by atoms with Gasteiger partial charge < -0.3 is 16.0 Å². The Morgan fingerprint density at radius 3 is 2.85 bits per heavy atom. The van der Waals surface area contributed by atoms with E-state index in [-0.39, 0.29) is 6.04 Å². The quantitative estimate of drug-likeness (QED) is 0.391. The lowest BCUT2D eigenvalue weighted by Crippen LogP contribution is -2.30. The summed E-state index contributed by atoms with van der Waals surface area (Å²) in [5, 5.41) is 4.07. The van der Waals surface area contributed by atoms with Gasteiger partial charge in [-0.25, -0.2) is 9.97 Å². The van der Waals surface area contributed by atoms with Gasteiger partial charge in [0.15, 0.2) is 5.16 Å². The van der Waals surface area contributed by atoms with Crippen molar-refractivity contribution in [1.82, 2.24) is 19.9 Å². The van der Waals surface area contributed by atoms with E-state index in [0.29, 0.717) is 6.04 Å². The van der Waals surface area contributed by atoms with Gasteiger partial charge in [0.1, 0.15) is 5.82 Å². The standard InChI is InChI=1S/C25H25N7S/c1-14-9-15(26)13-32(14)24-23-17-5-3-6-19(27-2)18(17)11-22(23)30-25(31-24)33-16-10-21-20(29-12-16)7-4-8-28-21/h3-8,10,12,14-15,27H,9,11,13,26H2,1-2H3/t14-,15+/m1/s1. The fourth-order valence-corrected chi connectivity index (χ4v) is 5.78. The van der Waals surface area contributed by atoms with Gasteiger partial charge in [0.05, 0.1) is 16.7 Å². The highest BCUT2D eigenvalue weighted by atomic mass is 32.2. The molecule has 4 aromatic rings. The first-order valence-corrected chi connectivity index (χ1v) is 12.0. The van der Waals surface area contributed by atoms with Gasteiger partial charge in [-0.05, 0) is 60.5 Å². The smallest absolute Gasteiger partial charge is 0.194 e. The second-order valence-electron chi connectivity index (χ2n) is 8.72. The number of hydrogen-bond acceptors (Lipinski definition) is 8. The number of hydrogen-bond donors (Lipinski definition) is 2. The summed E-state index contributed by atoms with van der Waals surface area (Å²) in [6, 6.07) is 12.8. The van der Waals surface area contributed by atoms with E-state index in [4.69, 9.17) is 15.7 Å². The third kappa shape index (κ3) is 3.50. The molecule has 4 heterocycles. The van der Waals surface area contributed by atoms with Crippen molar-refractivity contribution in [2.24, 2.45) is 5.73 Å². The molecule has 0 amide bonds. The fourth-order valence-electron chi connectivity index (χ4n) is 5.01. The van der Waals surface area contributed by atoms with Crippen LogP contribution in [0.1, 0.15) is 24.6 Å². The normalized spacial score (nSPS) is 19.1. The van der Waals surface area contributed by atoms with Gasteiger partial charge in [-0.2, -0.15) is 0 Å². The Bertz CT molecular complexity index is 1370. The maximum Gasteiger partial charge on any atom is 0.194 e. The van der Waals surface area contributed by atoms with Gasteiger partial charge in [-0.3, -0.25) is 9.97 Å². The molecule has 0 unspecified atom stereocenters. The molecule has 3 aromatic heterocycles. The van der Waals surface area contributed by atoms with Gasteiger partial charge in [-0.1, -0.05) is 12.1 Å². The van der Waals surface area contributed by atoms with E-state index in [1.807, 2.05) is 31.4 Å². The Kier molecular flexibility index (Phi) is 4.92. The Morgan fingerprint density at radius 2 is 2.03 bits per heavy atom. The molecule has 1 aromatic carbocycles. The lowest BCUT2D eigenvalue weighted by Gasteiger charge is -2.25. The van der Waals surface area contributed by atoms with Crippen LogP contribution < -0.4 is 16.0 Å². The van der Waals surface area contributed by atoms with E-state index in [9.17, 15) is 0 Å². The molecule has 6 rings (SSSR count). The van der Waals surface area contributed by atoms with Crippen LogP contribution in [0.4, 0.5) is 11.5 Å². The molecule has 1 aliphatic heterocycles. The summed E-state index contributed by atoms with van der Waals surface area (Å²) in [7, 11) is 1.97. The number of rotatable bonds is 4. The highest BCUT2D eigenvalue weighted by Crippen LogP contribution is 2.46. The predicted octanol–water partition coefficient (Wildman–Crippen LogP) is 4.11. The topological polar surface area (TPSA) is 92.8 Å². The number of nitrogens with zero attached hydrogens (tertiary/aromatic N) is 5. The minimum absolute atomic E-state index is 0.155. The summed E-state index contributed by atoms with van der Waals surface area (Å²) in [5.41, 5.74) is 13.9. The van der Waals surface area contributed by atoms with Gasteiger partial charge >= 0.3 is 0 Å². The summed E-state index contributed by atoms with van der Waals surface area (Å²) >= 11 is 1.53. The number of pyridine rings is 2. The number of nitrogens with one attached hydrogen (secondary N) is 1. The van der Waals surface area contributed by atoms with Crippen molar-refractivity contribution >= 4 is 34.3 Å². The lowest BCUT2D eigenvalue weighted by molar-refractivity contribution is 0.687. The van der Waals surface area contributed by atoms with E-state index in [0.717, 1.165) is 63.2 Å². The number of fused-ring (bicyclic) bond motifs is 4. The van der Waals surface area contributed by atoms with Crippen molar-refractivity contribution in [2.45, 2.75) is 41.9 Å². The van der Waals surface area contributed by atoms with Crippen molar-refractivity contribution in [3.63, 3.8) is 0 Å². The molecule has 0 saturated carbocycles. The molecule has 1 aliphatic carbocycles. The highest BCUT2D eigenvalue weighted by molar-refractivity contribution is 7.99. The zero-order valence-corrected chi connectivity index (χ0v) is 19.4. The Morgan fingerprint density at radius 1 is 1.12 bits per heavy atom. The fraction of sp³-hybridized carbons (Fsp3) is 0.280. The molecule has 7 nitrogen and oxygen atoms in total. The van der Waals surface area contributed by atoms with Crippen molar-refractivity contribution in [2.75, 3.05) is 23.8 Å². The van der Waals surface area contributed by atoms with Crippen LogP contribution in [0.25, 0.3) is 22.2 Å². The Hall–Kier alpha value is -3.23. The first kappa shape index (κ1) is 20.4. The summed E-state index contributed by atoms with van der Waals surface area (Å²) in [6.07, 6.45) is 5.41. The van der Waals surface area contributed by atoms with Crippen molar-refractivity contribution in [3.05, 3.63) is 60.0 Å². The third-order valence-corrected chi connectivity index (χ3v) is 7.34. The second kappa shape index (κ2) is 7.97. The first-order valence-electron chi connectivity index (χ1n) is 11.2. The Balaban J connectivity index is 1.46. The second-order valence-corrected chi connectivity index (χ2v) is 9.76. The van der Waals surface area contributed by atoms with Crippen molar-refractivity contribution < 1.29 is 0 Å². The van der Waals surface area contributed by atoms with E-state index in [1.165, 1.54) is 22.9 Å². The SMILES string of the molecule is CNc1cccc2c1Cc1nc(Sc3cnc4cccnc4c3)nc(N3C[C@@H](N)C[C@H]3C)c1-2. The number of benzene rings is 1. The Labute approximate surface area is 196 Å². The number of anilines is 2. The molecule has 33 heavy (non-hydrogen) atoms. The zero-order valence-electron chi connectivity index (χ0n) is 18.6. The average molecular weight is 456 g/mol. The lowest BCUT2D eigenvalue weighted by atomic mass is 10.0. The molecular weight excluding hydrogens is 430 g/mol. The molecular formula is C25H25N7S. The van der Waals surface area contributed by atoms with Gasteiger partial charge in [0.25, 0.3) is 0 Å². The first-order chi connectivity index (χ1) is 16.1. The summed E-state index contributed by atoms with van der Waals surface area (Å²) < 4.78 is 0. The molecule has 3 N–H and O–H groups in total. The minimum atomic E-state index is 0.155. The van der Waals surface area contributed by atoms with Crippen LogP contribution in [-0.2, 0) is 6.42 Å². The summed E-state index contributed by atoms with van der Waals surface area (Å²) in [6.45, 7) is 3.03. The molecule has 0 spiro atoms. The highest BCUT2D eigenvalue weighted by Gasteiger charge is 2.34. The van der Waals surface area contributed by atoms with E-state index in [1.54, 1.807) is 6.20 Å². The largest absolute Gasteiger partial charge is 0.388 e. The molecule has 8 heteroatoms. The van der Waals surface area contributed by atoms with Gasteiger partial charge in [0, 0.05) is 60.6 Å². The van der Waals surface area contributed by atoms with Gasteiger partial charge in [0.2, 0.25) is 0 Å². The van der Waals surface area contributed by atoms with Crippen LogP contribution in [0.5, 0.6) is 0 Å². The molecule has 1 fully saturated rings. The van der Waals surface area contributed by atoms with Crippen LogP contribution in [-0.4, -0.2) is 45.6 Å². The van der Waals surface area contributed by atoms with Crippen molar-refractivity contribution in [1.29, 1.82) is 0 Å². The molecule has 166 valence electrons. The maximum absolute atomic E-state index is 6.34. The molecule has 0 radical (unpaired) electrons.